The lowest BCUT2D eigenvalue weighted by atomic mass is 10.3. The Labute approximate surface area is 112 Å². The van der Waals surface area contributed by atoms with E-state index < -0.39 is 18.2 Å². The van der Waals surface area contributed by atoms with Crippen LogP contribution in [0.1, 0.15) is 27.7 Å². The predicted molar refractivity (Wildman–Crippen MR) is 69.5 cm³/mol. The molecular weight excluding hydrogens is 256 g/mol. The number of carboxylic acids is 1. The molecule has 0 aliphatic heterocycles. The van der Waals surface area contributed by atoms with Gasteiger partial charge in [0.1, 0.15) is 0 Å². The summed E-state index contributed by atoms with van der Waals surface area (Å²) in [5.74, 6) is -0.875. The van der Waals surface area contributed by atoms with Crippen LogP contribution in [0.15, 0.2) is 11.6 Å². The van der Waals surface area contributed by atoms with Crippen LogP contribution in [-0.4, -0.2) is 36.5 Å². The largest absolute Gasteiger partial charge is 0.478 e. The topological polar surface area (TPSA) is 142 Å². The summed E-state index contributed by atoms with van der Waals surface area (Å²) in [6.45, 7) is 7.60. The van der Waals surface area contributed by atoms with Crippen LogP contribution in [-0.2, 0) is 14.3 Å². The minimum absolute atomic E-state index is 0.356. The third kappa shape index (κ3) is 49.6. The third-order valence-corrected chi connectivity index (χ3v) is 0.985. The Hall–Kier alpha value is -2.25. The van der Waals surface area contributed by atoms with Gasteiger partial charge in [-0.15, -0.1) is 0 Å². The molecule has 0 aliphatic carbocycles. The number of primary amides is 2. The van der Waals surface area contributed by atoms with Crippen LogP contribution in [0.3, 0.4) is 0 Å². The summed E-state index contributed by atoms with van der Waals surface area (Å²) >= 11 is 0. The average Bonchev–Trinajstić information content (AvgIpc) is 2.15. The zero-order valence-corrected chi connectivity index (χ0v) is 11.6. The molecule has 0 heterocycles. The SMILES string of the molecule is CC(C)=CC(=O)O.CCOC(N)=O.CCOC(N)=O. The molecule has 0 aromatic carbocycles. The monoisotopic (exact) mass is 278 g/mol. The maximum atomic E-state index is 9.73. The van der Waals surface area contributed by atoms with Gasteiger partial charge in [0.05, 0.1) is 13.2 Å². The summed E-state index contributed by atoms with van der Waals surface area (Å²) in [7, 11) is 0. The van der Waals surface area contributed by atoms with Crippen LogP contribution in [0.25, 0.3) is 0 Å². The number of amides is 2. The average molecular weight is 278 g/mol. The van der Waals surface area contributed by atoms with Crippen molar-refractivity contribution in [2.24, 2.45) is 11.5 Å². The van der Waals surface area contributed by atoms with Gasteiger partial charge in [0.2, 0.25) is 0 Å². The van der Waals surface area contributed by atoms with Crippen molar-refractivity contribution in [1.29, 1.82) is 0 Å². The van der Waals surface area contributed by atoms with E-state index in [4.69, 9.17) is 5.11 Å². The molecule has 112 valence electrons. The molecule has 0 spiro atoms. The van der Waals surface area contributed by atoms with Crippen LogP contribution in [0.2, 0.25) is 0 Å². The minimum atomic E-state index is -0.875. The Morgan fingerprint density at radius 2 is 1.32 bits per heavy atom. The van der Waals surface area contributed by atoms with Crippen molar-refractivity contribution < 1.29 is 29.0 Å². The third-order valence-electron chi connectivity index (χ3n) is 0.985. The fourth-order valence-corrected chi connectivity index (χ4v) is 0.531. The molecule has 0 aromatic heterocycles. The lowest BCUT2D eigenvalue weighted by Gasteiger charge is -1.89. The van der Waals surface area contributed by atoms with Gasteiger partial charge in [-0.05, 0) is 27.7 Å². The summed E-state index contributed by atoms with van der Waals surface area (Å²) in [4.78, 5) is 28.9. The second kappa shape index (κ2) is 15.8. The highest BCUT2D eigenvalue weighted by Crippen LogP contribution is 1.85. The van der Waals surface area contributed by atoms with E-state index in [0.29, 0.717) is 13.2 Å². The molecule has 0 bridgehead atoms. The molecule has 2 amide bonds. The van der Waals surface area contributed by atoms with Crippen LogP contribution < -0.4 is 11.5 Å². The normalized spacial score (nSPS) is 7.58. The fraction of sp³-hybridized carbons (Fsp3) is 0.545. The molecule has 0 saturated heterocycles. The Kier molecular flexibility index (Phi) is 18.2. The lowest BCUT2D eigenvalue weighted by molar-refractivity contribution is -0.131. The number of carbonyl (C=O) groups excluding carboxylic acids is 2. The van der Waals surface area contributed by atoms with Gasteiger partial charge in [-0.3, -0.25) is 0 Å². The zero-order valence-electron chi connectivity index (χ0n) is 11.6. The number of hydrogen-bond donors (Lipinski definition) is 3. The van der Waals surface area contributed by atoms with E-state index >= 15 is 0 Å². The van der Waals surface area contributed by atoms with E-state index in [0.717, 1.165) is 5.57 Å². The number of ether oxygens (including phenoxy) is 2. The van der Waals surface area contributed by atoms with E-state index in [1.165, 1.54) is 6.08 Å². The van der Waals surface area contributed by atoms with Crippen LogP contribution in [0.5, 0.6) is 0 Å². The zero-order chi connectivity index (χ0) is 15.8. The number of rotatable bonds is 3. The molecule has 19 heavy (non-hydrogen) atoms. The first-order valence-electron chi connectivity index (χ1n) is 5.39. The second-order valence-corrected chi connectivity index (χ2v) is 3.06. The summed E-state index contributed by atoms with van der Waals surface area (Å²) in [6, 6.07) is 0. The summed E-state index contributed by atoms with van der Waals surface area (Å²) in [5.41, 5.74) is 9.90. The molecule has 0 radical (unpaired) electrons. The van der Waals surface area contributed by atoms with Gasteiger partial charge in [-0.1, -0.05) is 5.57 Å². The molecule has 5 N–H and O–H groups in total. The predicted octanol–water partition coefficient (Wildman–Crippen LogP) is 1.24. The van der Waals surface area contributed by atoms with Crippen molar-refractivity contribution >= 4 is 18.2 Å². The number of nitrogens with two attached hydrogens (primary N) is 2. The van der Waals surface area contributed by atoms with E-state index in [1.54, 1.807) is 27.7 Å². The lowest BCUT2D eigenvalue weighted by Crippen LogP contribution is -2.11. The Morgan fingerprint density at radius 1 is 1.00 bits per heavy atom. The highest BCUT2D eigenvalue weighted by Gasteiger charge is 1.84. The van der Waals surface area contributed by atoms with Gasteiger partial charge in [-0.25, -0.2) is 14.4 Å². The minimum Gasteiger partial charge on any atom is -0.478 e. The van der Waals surface area contributed by atoms with Crippen molar-refractivity contribution in [3.63, 3.8) is 0 Å². The standard InChI is InChI=1S/C5H8O2.2C3H7NO2/c1-4(2)3-5(6)7;2*1-2-6-3(4)5/h3H,1-2H3,(H,6,7);2*2H2,1H3,(H2,4,5). The van der Waals surface area contributed by atoms with Crippen LogP contribution in [0, 0.1) is 0 Å². The summed E-state index contributed by atoms with van der Waals surface area (Å²) in [6.07, 6.45) is -0.255. The highest BCUT2D eigenvalue weighted by atomic mass is 16.5. The molecule has 0 atom stereocenters. The highest BCUT2D eigenvalue weighted by molar-refractivity contribution is 5.80. The van der Waals surface area contributed by atoms with E-state index in [9.17, 15) is 14.4 Å². The van der Waals surface area contributed by atoms with Gasteiger partial charge in [0, 0.05) is 6.08 Å². The molecule has 0 saturated carbocycles. The number of aliphatic carboxylic acids is 1. The van der Waals surface area contributed by atoms with Crippen molar-refractivity contribution in [1.82, 2.24) is 0 Å². The number of hydrogen-bond acceptors (Lipinski definition) is 5. The van der Waals surface area contributed by atoms with Crippen molar-refractivity contribution in [2.45, 2.75) is 27.7 Å². The Bertz CT molecular complexity index is 282. The first-order valence-corrected chi connectivity index (χ1v) is 5.39. The van der Waals surface area contributed by atoms with Gasteiger partial charge in [0.25, 0.3) is 0 Å². The van der Waals surface area contributed by atoms with Crippen molar-refractivity contribution in [2.75, 3.05) is 13.2 Å². The Morgan fingerprint density at radius 3 is 1.32 bits per heavy atom. The van der Waals surface area contributed by atoms with Crippen LogP contribution >= 0.6 is 0 Å². The molecular formula is C11H22N2O6. The van der Waals surface area contributed by atoms with E-state index in [1.807, 2.05) is 0 Å². The van der Waals surface area contributed by atoms with Gasteiger partial charge in [0.15, 0.2) is 0 Å². The smallest absolute Gasteiger partial charge is 0.404 e. The number of allylic oxidation sites excluding steroid dienone is 1. The fourth-order valence-electron chi connectivity index (χ4n) is 0.531. The molecule has 0 rings (SSSR count). The first-order chi connectivity index (χ1) is 8.67. The molecule has 0 aliphatic rings. The van der Waals surface area contributed by atoms with Crippen molar-refractivity contribution in [3.8, 4) is 0 Å². The number of carbonyl (C=O) groups is 3. The molecule has 0 unspecified atom stereocenters. The molecule has 0 fully saturated rings. The molecule has 0 aromatic rings. The maximum Gasteiger partial charge on any atom is 0.404 e. The van der Waals surface area contributed by atoms with Gasteiger partial charge >= 0.3 is 18.2 Å². The first kappa shape index (κ1) is 22.0. The van der Waals surface area contributed by atoms with Crippen molar-refractivity contribution in [3.05, 3.63) is 11.6 Å². The maximum absolute atomic E-state index is 9.73. The summed E-state index contributed by atoms with van der Waals surface area (Å²) in [5, 5.41) is 8.01. The second-order valence-electron chi connectivity index (χ2n) is 3.06. The Balaban J connectivity index is -0.000000203. The summed E-state index contributed by atoms with van der Waals surface area (Å²) < 4.78 is 8.36. The molecule has 8 nitrogen and oxygen atoms in total. The quantitative estimate of drug-likeness (QED) is 0.663. The van der Waals surface area contributed by atoms with E-state index in [-0.39, 0.29) is 0 Å². The van der Waals surface area contributed by atoms with Gasteiger partial charge < -0.3 is 26.0 Å². The number of carboxylic acid groups (broad SMARTS) is 1. The van der Waals surface area contributed by atoms with Gasteiger partial charge in [-0.2, -0.15) is 0 Å². The van der Waals surface area contributed by atoms with E-state index in [2.05, 4.69) is 20.9 Å². The van der Waals surface area contributed by atoms with Crippen LogP contribution in [0.4, 0.5) is 9.59 Å². The molecule has 8 heteroatoms.